The number of hydrogen-bond donors (Lipinski definition) is 1. The maximum absolute atomic E-state index is 4.51. The van der Waals surface area contributed by atoms with Crippen molar-refractivity contribution in [2.75, 3.05) is 0 Å². The first-order valence-corrected chi connectivity index (χ1v) is 7.29. The molecule has 0 saturated heterocycles. The lowest BCUT2D eigenvalue weighted by atomic mass is 9.82. The lowest BCUT2D eigenvalue weighted by molar-refractivity contribution is 0.240. The van der Waals surface area contributed by atoms with Crippen molar-refractivity contribution >= 4 is 26.8 Å². The van der Waals surface area contributed by atoms with Crippen molar-refractivity contribution < 1.29 is 0 Å². The van der Waals surface area contributed by atoms with Crippen molar-refractivity contribution in [3.8, 4) is 0 Å². The van der Waals surface area contributed by atoms with Crippen LogP contribution in [0.5, 0.6) is 0 Å². The van der Waals surface area contributed by atoms with Gasteiger partial charge in [-0.3, -0.25) is 4.98 Å². The third-order valence-electron chi connectivity index (χ3n) is 3.75. The molecule has 1 aliphatic rings. The maximum atomic E-state index is 4.51. The molecule has 0 aliphatic heterocycles. The number of aromatic nitrogens is 1. The molecule has 1 N–H and O–H groups in total. The van der Waals surface area contributed by atoms with E-state index in [0.717, 1.165) is 22.5 Å². The summed E-state index contributed by atoms with van der Waals surface area (Å²) in [6, 6.07) is 9.07. The van der Waals surface area contributed by atoms with Crippen LogP contribution >= 0.6 is 15.9 Å². The molecular weight excluding hydrogens is 288 g/mol. The summed E-state index contributed by atoms with van der Waals surface area (Å²) in [6.45, 7) is 3.23. The summed E-state index contributed by atoms with van der Waals surface area (Å²) in [5.41, 5.74) is 2.39. The standard InChI is InChI=1S/C15H17BrN2/c1-10-7-12(8-10)18-9-11-4-5-14(16)13-3-2-6-17-15(11)13/h2-6,10,12,18H,7-9H2,1H3. The van der Waals surface area contributed by atoms with E-state index in [-0.39, 0.29) is 0 Å². The fraction of sp³-hybridized carbons (Fsp3) is 0.400. The van der Waals surface area contributed by atoms with E-state index in [4.69, 9.17) is 0 Å². The van der Waals surface area contributed by atoms with Gasteiger partial charge < -0.3 is 5.32 Å². The van der Waals surface area contributed by atoms with Gasteiger partial charge in [-0.15, -0.1) is 0 Å². The van der Waals surface area contributed by atoms with Gasteiger partial charge in [0.25, 0.3) is 0 Å². The Kier molecular flexibility index (Phi) is 3.35. The number of pyridine rings is 1. The molecule has 1 aromatic heterocycles. The Morgan fingerprint density at radius 3 is 2.94 bits per heavy atom. The highest BCUT2D eigenvalue weighted by molar-refractivity contribution is 9.10. The molecule has 3 rings (SSSR count). The normalized spacial score (nSPS) is 23.0. The molecule has 0 amide bonds. The van der Waals surface area contributed by atoms with Crippen molar-refractivity contribution in [3.63, 3.8) is 0 Å². The number of fused-ring (bicyclic) bond motifs is 1. The maximum Gasteiger partial charge on any atom is 0.0758 e. The predicted octanol–water partition coefficient (Wildman–Crippen LogP) is 3.89. The van der Waals surface area contributed by atoms with Crippen LogP contribution in [0.1, 0.15) is 25.3 Å². The lowest BCUT2D eigenvalue weighted by Gasteiger charge is -2.33. The van der Waals surface area contributed by atoms with E-state index in [1.807, 2.05) is 12.3 Å². The van der Waals surface area contributed by atoms with Crippen molar-refractivity contribution in [1.29, 1.82) is 0 Å². The number of halogens is 1. The van der Waals surface area contributed by atoms with Crippen LogP contribution in [0, 0.1) is 5.92 Å². The molecule has 2 aromatic rings. The van der Waals surface area contributed by atoms with Crippen LogP contribution in [0.25, 0.3) is 10.9 Å². The van der Waals surface area contributed by atoms with Crippen molar-refractivity contribution in [3.05, 3.63) is 40.5 Å². The van der Waals surface area contributed by atoms with Crippen LogP contribution in [-0.2, 0) is 6.54 Å². The molecule has 1 aliphatic carbocycles. The Bertz CT molecular complexity index is 561. The third kappa shape index (κ3) is 2.29. The largest absolute Gasteiger partial charge is 0.310 e. The Balaban J connectivity index is 1.81. The Morgan fingerprint density at radius 1 is 1.33 bits per heavy atom. The lowest BCUT2D eigenvalue weighted by Crippen LogP contribution is -2.39. The molecule has 3 heteroatoms. The number of rotatable bonds is 3. The summed E-state index contributed by atoms with van der Waals surface area (Å²) in [4.78, 5) is 4.51. The van der Waals surface area contributed by atoms with E-state index in [0.29, 0.717) is 6.04 Å². The van der Waals surface area contributed by atoms with E-state index < -0.39 is 0 Å². The molecule has 1 heterocycles. The Labute approximate surface area is 116 Å². The van der Waals surface area contributed by atoms with Crippen LogP contribution in [0.15, 0.2) is 34.9 Å². The van der Waals surface area contributed by atoms with Gasteiger partial charge in [-0.2, -0.15) is 0 Å². The molecular formula is C15H17BrN2. The van der Waals surface area contributed by atoms with Gasteiger partial charge in [0.15, 0.2) is 0 Å². The van der Waals surface area contributed by atoms with Crippen LogP contribution in [-0.4, -0.2) is 11.0 Å². The molecule has 0 radical (unpaired) electrons. The molecule has 1 fully saturated rings. The predicted molar refractivity (Wildman–Crippen MR) is 78.5 cm³/mol. The number of nitrogens with one attached hydrogen (secondary N) is 1. The van der Waals surface area contributed by atoms with Gasteiger partial charge in [0.1, 0.15) is 0 Å². The quantitative estimate of drug-likeness (QED) is 0.930. The van der Waals surface area contributed by atoms with Gasteiger partial charge in [-0.05, 0) is 36.5 Å². The van der Waals surface area contributed by atoms with Crippen molar-refractivity contribution in [2.45, 2.75) is 32.4 Å². The smallest absolute Gasteiger partial charge is 0.0758 e. The van der Waals surface area contributed by atoms with E-state index in [1.54, 1.807) is 0 Å². The molecule has 0 unspecified atom stereocenters. The zero-order valence-corrected chi connectivity index (χ0v) is 12.1. The van der Waals surface area contributed by atoms with Crippen LogP contribution in [0.2, 0.25) is 0 Å². The van der Waals surface area contributed by atoms with E-state index >= 15 is 0 Å². The summed E-state index contributed by atoms with van der Waals surface area (Å²) in [5, 5.41) is 4.82. The molecule has 1 saturated carbocycles. The number of benzene rings is 1. The summed E-state index contributed by atoms with van der Waals surface area (Å²) < 4.78 is 1.12. The third-order valence-corrected chi connectivity index (χ3v) is 4.45. The number of hydrogen-bond acceptors (Lipinski definition) is 2. The van der Waals surface area contributed by atoms with Crippen molar-refractivity contribution in [1.82, 2.24) is 10.3 Å². The molecule has 18 heavy (non-hydrogen) atoms. The highest BCUT2D eigenvalue weighted by Crippen LogP contribution is 2.28. The average molecular weight is 305 g/mol. The van der Waals surface area contributed by atoms with Gasteiger partial charge >= 0.3 is 0 Å². The average Bonchev–Trinajstić information content (AvgIpc) is 2.36. The van der Waals surface area contributed by atoms with Crippen LogP contribution in [0.4, 0.5) is 0 Å². The topological polar surface area (TPSA) is 24.9 Å². The molecule has 0 atom stereocenters. The second-order valence-corrected chi connectivity index (χ2v) is 6.11. The SMILES string of the molecule is CC1CC(NCc2ccc(Br)c3cccnc23)C1. The summed E-state index contributed by atoms with van der Waals surface area (Å²) >= 11 is 3.58. The summed E-state index contributed by atoms with van der Waals surface area (Å²) in [7, 11) is 0. The van der Waals surface area contributed by atoms with E-state index in [9.17, 15) is 0 Å². The Hall–Kier alpha value is -0.930. The zero-order valence-electron chi connectivity index (χ0n) is 10.5. The molecule has 0 spiro atoms. The highest BCUT2D eigenvalue weighted by Gasteiger charge is 2.24. The van der Waals surface area contributed by atoms with Crippen LogP contribution < -0.4 is 5.32 Å². The minimum atomic E-state index is 0.697. The monoisotopic (exact) mass is 304 g/mol. The highest BCUT2D eigenvalue weighted by atomic mass is 79.9. The van der Waals surface area contributed by atoms with Gasteiger partial charge in [0.05, 0.1) is 5.52 Å². The van der Waals surface area contributed by atoms with Gasteiger partial charge in [0, 0.05) is 28.6 Å². The molecule has 2 nitrogen and oxygen atoms in total. The fourth-order valence-electron chi connectivity index (χ4n) is 2.66. The van der Waals surface area contributed by atoms with Crippen LogP contribution in [0.3, 0.4) is 0 Å². The first-order valence-electron chi connectivity index (χ1n) is 6.49. The van der Waals surface area contributed by atoms with Gasteiger partial charge in [-0.1, -0.05) is 35.0 Å². The Morgan fingerprint density at radius 2 is 2.17 bits per heavy atom. The summed E-state index contributed by atoms with van der Waals surface area (Å²) in [5.74, 6) is 0.891. The first kappa shape index (κ1) is 12.1. The van der Waals surface area contributed by atoms with Gasteiger partial charge in [-0.25, -0.2) is 0 Å². The minimum Gasteiger partial charge on any atom is -0.310 e. The number of nitrogens with zero attached hydrogens (tertiary/aromatic N) is 1. The molecule has 0 bridgehead atoms. The van der Waals surface area contributed by atoms with Gasteiger partial charge in [0.2, 0.25) is 0 Å². The second kappa shape index (κ2) is 4.98. The molecule has 1 aromatic carbocycles. The zero-order chi connectivity index (χ0) is 12.5. The first-order chi connectivity index (χ1) is 8.74. The molecule has 94 valence electrons. The van der Waals surface area contributed by atoms with Crippen molar-refractivity contribution in [2.24, 2.45) is 5.92 Å². The second-order valence-electron chi connectivity index (χ2n) is 5.26. The fourth-order valence-corrected chi connectivity index (χ4v) is 3.11. The van der Waals surface area contributed by atoms with E-state index in [1.165, 1.54) is 23.8 Å². The summed E-state index contributed by atoms with van der Waals surface area (Å²) in [6.07, 6.45) is 4.48. The van der Waals surface area contributed by atoms with E-state index in [2.05, 4.69) is 51.4 Å². The minimum absolute atomic E-state index is 0.697.